The van der Waals surface area contributed by atoms with E-state index in [0.717, 1.165) is 19.6 Å². The standard InChI is InChI=1S/C17H20N2/c1-18-12-15-7-8-17-16(11-15)9-10-19(17)13-14-5-3-2-4-6-14/h2-8,11,18H,9-10,12-13H2,1H3. The van der Waals surface area contributed by atoms with Gasteiger partial charge in [0.1, 0.15) is 0 Å². The fraction of sp³-hybridized carbons (Fsp3) is 0.294. The van der Waals surface area contributed by atoms with E-state index in [0.29, 0.717) is 0 Å². The zero-order valence-corrected chi connectivity index (χ0v) is 11.4. The van der Waals surface area contributed by atoms with Crippen molar-refractivity contribution in [3.63, 3.8) is 0 Å². The molecule has 0 saturated carbocycles. The van der Waals surface area contributed by atoms with E-state index in [1.807, 2.05) is 7.05 Å². The van der Waals surface area contributed by atoms with E-state index < -0.39 is 0 Å². The van der Waals surface area contributed by atoms with Crippen molar-refractivity contribution in [1.82, 2.24) is 5.32 Å². The summed E-state index contributed by atoms with van der Waals surface area (Å²) in [5.41, 5.74) is 5.66. The summed E-state index contributed by atoms with van der Waals surface area (Å²) in [7, 11) is 1.99. The van der Waals surface area contributed by atoms with Crippen LogP contribution in [-0.2, 0) is 19.5 Å². The minimum absolute atomic E-state index is 0.950. The van der Waals surface area contributed by atoms with Crippen LogP contribution in [0.3, 0.4) is 0 Å². The molecule has 1 aliphatic heterocycles. The average Bonchev–Trinajstić information content (AvgIpc) is 2.83. The number of benzene rings is 2. The van der Waals surface area contributed by atoms with Gasteiger partial charge in [0.05, 0.1) is 0 Å². The molecule has 98 valence electrons. The normalized spacial score (nSPS) is 13.6. The van der Waals surface area contributed by atoms with E-state index in [4.69, 9.17) is 0 Å². The van der Waals surface area contributed by atoms with Crippen molar-refractivity contribution in [3.8, 4) is 0 Å². The molecule has 0 radical (unpaired) electrons. The van der Waals surface area contributed by atoms with Crippen LogP contribution in [0.5, 0.6) is 0 Å². The third-order valence-electron chi connectivity index (χ3n) is 3.73. The lowest BCUT2D eigenvalue weighted by molar-refractivity contribution is 0.817. The lowest BCUT2D eigenvalue weighted by atomic mass is 10.1. The molecule has 0 atom stereocenters. The van der Waals surface area contributed by atoms with Gasteiger partial charge in [-0.15, -0.1) is 0 Å². The lowest BCUT2D eigenvalue weighted by Gasteiger charge is -2.19. The van der Waals surface area contributed by atoms with Crippen molar-refractivity contribution >= 4 is 5.69 Å². The molecule has 0 aromatic heterocycles. The highest BCUT2D eigenvalue weighted by Crippen LogP contribution is 2.30. The number of anilines is 1. The summed E-state index contributed by atoms with van der Waals surface area (Å²) in [6.07, 6.45) is 1.17. The first-order valence-corrected chi connectivity index (χ1v) is 6.92. The Morgan fingerprint density at radius 2 is 1.89 bits per heavy atom. The molecule has 0 saturated heterocycles. The molecule has 0 fully saturated rings. The van der Waals surface area contributed by atoms with Crippen LogP contribution in [0.15, 0.2) is 48.5 Å². The van der Waals surface area contributed by atoms with E-state index in [-0.39, 0.29) is 0 Å². The maximum Gasteiger partial charge on any atom is 0.0429 e. The molecule has 2 aromatic rings. The van der Waals surface area contributed by atoms with E-state index in [1.54, 1.807) is 0 Å². The topological polar surface area (TPSA) is 15.3 Å². The number of nitrogens with one attached hydrogen (secondary N) is 1. The van der Waals surface area contributed by atoms with Gasteiger partial charge in [0, 0.05) is 25.3 Å². The highest BCUT2D eigenvalue weighted by molar-refractivity contribution is 5.59. The smallest absolute Gasteiger partial charge is 0.0429 e. The summed E-state index contributed by atoms with van der Waals surface area (Å²) in [4.78, 5) is 2.48. The van der Waals surface area contributed by atoms with Crippen LogP contribution >= 0.6 is 0 Å². The lowest BCUT2D eigenvalue weighted by Crippen LogP contribution is -2.19. The Labute approximate surface area is 115 Å². The zero-order chi connectivity index (χ0) is 13.1. The summed E-state index contributed by atoms with van der Waals surface area (Å²) >= 11 is 0. The molecule has 2 nitrogen and oxygen atoms in total. The van der Waals surface area contributed by atoms with Crippen LogP contribution in [0.25, 0.3) is 0 Å². The summed E-state index contributed by atoms with van der Waals surface area (Å²) in [6.45, 7) is 3.10. The molecule has 2 aromatic carbocycles. The molecule has 0 bridgehead atoms. The third kappa shape index (κ3) is 2.64. The van der Waals surface area contributed by atoms with Gasteiger partial charge in [0.2, 0.25) is 0 Å². The Kier molecular flexibility index (Phi) is 3.51. The molecule has 0 unspecified atom stereocenters. The maximum atomic E-state index is 3.21. The first-order valence-electron chi connectivity index (χ1n) is 6.92. The van der Waals surface area contributed by atoms with Crippen molar-refractivity contribution in [2.24, 2.45) is 0 Å². The Balaban J connectivity index is 1.79. The highest BCUT2D eigenvalue weighted by atomic mass is 15.1. The third-order valence-corrected chi connectivity index (χ3v) is 3.73. The molecule has 3 rings (SSSR count). The van der Waals surface area contributed by atoms with E-state index in [2.05, 4.69) is 58.7 Å². The van der Waals surface area contributed by atoms with Gasteiger partial charge in [0.25, 0.3) is 0 Å². The van der Waals surface area contributed by atoms with Gasteiger partial charge < -0.3 is 10.2 Å². The van der Waals surface area contributed by atoms with Gasteiger partial charge >= 0.3 is 0 Å². The number of fused-ring (bicyclic) bond motifs is 1. The van der Waals surface area contributed by atoms with Crippen LogP contribution in [-0.4, -0.2) is 13.6 Å². The van der Waals surface area contributed by atoms with Crippen LogP contribution in [0.2, 0.25) is 0 Å². The summed E-state index contributed by atoms with van der Waals surface area (Å²) in [5, 5.41) is 3.21. The Morgan fingerprint density at radius 1 is 1.05 bits per heavy atom. The summed E-state index contributed by atoms with van der Waals surface area (Å²) < 4.78 is 0. The molecule has 1 heterocycles. The second kappa shape index (κ2) is 5.45. The van der Waals surface area contributed by atoms with Gasteiger partial charge in [-0.1, -0.05) is 42.5 Å². The van der Waals surface area contributed by atoms with Crippen molar-refractivity contribution in [2.45, 2.75) is 19.5 Å². The van der Waals surface area contributed by atoms with Crippen molar-refractivity contribution in [1.29, 1.82) is 0 Å². The second-order valence-electron chi connectivity index (χ2n) is 5.15. The molecule has 2 heteroatoms. The van der Waals surface area contributed by atoms with Gasteiger partial charge in [0.15, 0.2) is 0 Å². The minimum Gasteiger partial charge on any atom is -0.367 e. The van der Waals surface area contributed by atoms with Crippen LogP contribution < -0.4 is 10.2 Å². The van der Waals surface area contributed by atoms with Crippen LogP contribution in [0.4, 0.5) is 5.69 Å². The number of hydrogen-bond donors (Lipinski definition) is 1. The Bertz CT molecular complexity index is 548. The van der Waals surface area contributed by atoms with E-state index >= 15 is 0 Å². The monoisotopic (exact) mass is 252 g/mol. The van der Waals surface area contributed by atoms with Gasteiger partial charge in [-0.05, 0) is 36.2 Å². The highest BCUT2D eigenvalue weighted by Gasteiger charge is 2.19. The SMILES string of the molecule is CNCc1ccc2c(c1)CCN2Cc1ccccc1. The first-order chi connectivity index (χ1) is 9.36. The van der Waals surface area contributed by atoms with Gasteiger partial charge in [-0.2, -0.15) is 0 Å². The minimum atomic E-state index is 0.950. The van der Waals surface area contributed by atoms with Crippen molar-refractivity contribution in [2.75, 3.05) is 18.5 Å². The fourth-order valence-electron chi connectivity index (χ4n) is 2.81. The Hall–Kier alpha value is -1.80. The number of hydrogen-bond acceptors (Lipinski definition) is 2. The predicted octanol–water partition coefficient (Wildman–Crippen LogP) is 2.97. The molecule has 1 aliphatic rings. The number of rotatable bonds is 4. The molecule has 0 amide bonds. The first kappa shape index (κ1) is 12.2. The molecule has 0 aliphatic carbocycles. The van der Waals surface area contributed by atoms with Gasteiger partial charge in [-0.3, -0.25) is 0 Å². The molecular formula is C17H20N2. The Morgan fingerprint density at radius 3 is 2.68 bits per heavy atom. The number of nitrogens with zero attached hydrogens (tertiary/aromatic N) is 1. The molecule has 0 spiro atoms. The van der Waals surface area contributed by atoms with Crippen LogP contribution in [0.1, 0.15) is 16.7 Å². The molecule has 19 heavy (non-hydrogen) atoms. The zero-order valence-electron chi connectivity index (χ0n) is 11.4. The average molecular weight is 252 g/mol. The van der Waals surface area contributed by atoms with E-state index in [1.165, 1.54) is 28.8 Å². The fourth-order valence-corrected chi connectivity index (χ4v) is 2.81. The predicted molar refractivity (Wildman–Crippen MR) is 80.4 cm³/mol. The summed E-state index contributed by atoms with van der Waals surface area (Å²) in [5.74, 6) is 0. The molecular weight excluding hydrogens is 232 g/mol. The van der Waals surface area contributed by atoms with Crippen molar-refractivity contribution < 1.29 is 0 Å². The van der Waals surface area contributed by atoms with E-state index in [9.17, 15) is 0 Å². The second-order valence-corrected chi connectivity index (χ2v) is 5.15. The van der Waals surface area contributed by atoms with Gasteiger partial charge in [-0.25, -0.2) is 0 Å². The maximum absolute atomic E-state index is 3.21. The molecule has 1 N–H and O–H groups in total. The quantitative estimate of drug-likeness (QED) is 0.900. The van der Waals surface area contributed by atoms with Crippen molar-refractivity contribution in [3.05, 3.63) is 65.2 Å². The van der Waals surface area contributed by atoms with Crippen LogP contribution in [0, 0.1) is 0 Å². The largest absolute Gasteiger partial charge is 0.367 e. The summed E-state index contributed by atoms with van der Waals surface area (Å²) in [6, 6.07) is 17.6.